The van der Waals surface area contributed by atoms with Crippen molar-refractivity contribution in [2.45, 2.75) is 19.4 Å². The van der Waals surface area contributed by atoms with E-state index in [2.05, 4.69) is 4.98 Å². The van der Waals surface area contributed by atoms with Crippen LogP contribution in [0.3, 0.4) is 0 Å². The van der Waals surface area contributed by atoms with Gasteiger partial charge in [0.15, 0.2) is 0 Å². The zero-order valence-corrected chi connectivity index (χ0v) is 10.4. The average Bonchev–Trinajstić information content (AvgIpc) is 2.32. The Hall–Kier alpha value is -2.22. The number of hydrogen-bond acceptors (Lipinski definition) is 5. The zero-order valence-electron chi connectivity index (χ0n) is 10.4. The van der Waals surface area contributed by atoms with Crippen molar-refractivity contribution in [1.29, 1.82) is 0 Å². The minimum absolute atomic E-state index is 0.0843. The number of carboxylic acid groups (broad SMARTS) is 1. The lowest BCUT2D eigenvalue weighted by Gasteiger charge is -2.15. The number of amides is 1. The van der Waals surface area contributed by atoms with Crippen LogP contribution < -0.4 is 16.2 Å². The molecule has 19 heavy (non-hydrogen) atoms. The van der Waals surface area contributed by atoms with Crippen LogP contribution in [-0.4, -0.2) is 35.1 Å². The predicted octanol–water partition coefficient (Wildman–Crippen LogP) is -0.409. The van der Waals surface area contributed by atoms with E-state index in [0.717, 1.165) is 0 Å². The second-order valence-electron chi connectivity index (χ2n) is 3.90. The van der Waals surface area contributed by atoms with E-state index in [1.807, 2.05) is 0 Å². The van der Waals surface area contributed by atoms with Crippen LogP contribution in [0.5, 0.6) is 5.88 Å². The molecule has 0 radical (unpaired) electrons. The molecule has 1 aromatic rings. The molecule has 1 unspecified atom stereocenters. The Kier molecular flexibility index (Phi) is 4.38. The van der Waals surface area contributed by atoms with E-state index in [0.29, 0.717) is 0 Å². The molecule has 104 valence electrons. The summed E-state index contributed by atoms with van der Waals surface area (Å²) < 4.78 is 18.6. The quantitative estimate of drug-likeness (QED) is 0.624. The third-order valence-electron chi connectivity index (χ3n) is 2.63. The maximum Gasteiger partial charge on any atom is 0.320 e. The number of aliphatic carboxylic acids is 1. The number of carbonyl (C=O) groups is 2. The van der Waals surface area contributed by atoms with Gasteiger partial charge in [-0.3, -0.25) is 9.59 Å². The molecular weight excluding hydrogens is 257 g/mol. The summed E-state index contributed by atoms with van der Waals surface area (Å²) in [5.41, 5.74) is 10.4. The van der Waals surface area contributed by atoms with Crippen molar-refractivity contribution in [3.8, 4) is 5.88 Å². The van der Waals surface area contributed by atoms with Gasteiger partial charge in [0.25, 0.3) is 0 Å². The molecule has 0 saturated carbocycles. The van der Waals surface area contributed by atoms with Gasteiger partial charge < -0.3 is 21.3 Å². The van der Waals surface area contributed by atoms with E-state index >= 15 is 0 Å². The second-order valence-corrected chi connectivity index (χ2v) is 3.90. The summed E-state index contributed by atoms with van der Waals surface area (Å²) >= 11 is 0. The largest absolute Gasteiger partial charge is 0.481 e. The number of rotatable bonds is 5. The highest BCUT2D eigenvalue weighted by Gasteiger charge is 2.25. The van der Waals surface area contributed by atoms with Crippen molar-refractivity contribution in [3.05, 3.63) is 22.6 Å². The third-order valence-corrected chi connectivity index (χ3v) is 2.63. The Labute approximate surface area is 108 Å². The van der Waals surface area contributed by atoms with Crippen LogP contribution in [-0.2, 0) is 11.2 Å². The monoisotopic (exact) mass is 271 g/mol. The maximum atomic E-state index is 13.8. The van der Waals surface area contributed by atoms with Crippen LogP contribution >= 0.6 is 0 Å². The number of nitrogens with zero attached hydrogens (tertiary/aromatic N) is 1. The fraction of sp³-hybridized carbons (Fsp3) is 0.364. The molecule has 1 amide bonds. The highest BCUT2D eigenvalue weighted by Crippen LogP contribution is 2.25. The van der Waals surface area contributed by atoms with E-state index in [-0.39, 0.29) is 22.6 Å². The summed E-state index contributed by atoms with van der Waals surface area (Å²) in [6, 6.07) is -1.36. The lowest BCUT2D eigenvalue weighted by Crippen LogP contribution is -2.34. The van der Waals surface area contributed by atoms with Gasteiger partial charge in [0.2, 0.25) is 17.7 Å². The number of primary amides is 1. The topological polar surface area (TPSA) is 129 Å². The molecule has 1 atom stereocenters. The highest BCUT2D eigenvalue weighted by molar-refractivity contribution is 5.96. The molecular formula is C11H14FN3O4. The normalized spacial score (nSPS) is 12.0. The molecule has 0 bridgehead atoms. The number of pyridine rings is 1. The average molecular weight is 271 g/mol. The number of aromatic nitrogens is 1. The second kappa shape index (κ2) is 5.61. The summed E-state index contributed by atoms with van der Waals surface area (Å²) in [7, 11) is 1.27. The molecule has 0 aromatic carbocycles. The van der Waals surface area contributed by atoms with Gasteiger partial charge >= 0.3 is 5.97 Å². The number of carboxylic acids is 1. The molecule has 0 aliphatic carbocycles. The van der Waals surface area contributed by atoms with Gasteiger partial charge in [-0.25, -0.2) is 0 Å². The fourth-order valence-corrected chi connectivity index (χ4v) is 1.70. The van der Waals surface area contributed by atoms with E-state index in [4.69, 9.17) is 21.3 Å². The molecule has 0 fully saturated rings. The number of hydrogen-bond donors (Lipinski definition) is 3. The number of ether oxygens (including phenoxy) is 1. The van der Waals surface area contributed by atoms with Crippen LogP contribution in [0.1, 0.15) is 21.5 Å². The third kappa shape index (κ3) is 2.97. The summed E-state index contributed by atoms with van der Waals surface area (Å²) in [4.78, 5) is 25.6. The molecule has 5 N–H and O–H groups in total. The molecule has 0 spiro atoms. The standard InChI is InChI=1S/C11H14FN3O4/c1-4-7(9(14)16)5(3-6(13)11(17)18)8(12)15-10(4)19-2/h6H,3,13H2,1-2H3,(H2,14,16)(H,17,18). The molecule has 0 aliphatic heterocycles. The van der Waals surface area contributed by atoms with E-state index in [1.54, 1.807) is 0 Å². The first-order valence-electron chi connectivity index (χ1n) is 5.30. The van der Waals surface area contributed by atoms with Crippen LogP contribution in [0.2, 0.25) is 0 Å². The summed E-state index contributed by atoms with van der Waals surface area (Å²) in [6.07, 6.45) is -0.392. The predicted molar refractivity (Wildman–Crippen MR) is 63.3 cm³/mol. The van der Waals surface area contributed by atoms with Gasteiger partial charge in [0, 0.05) is 17.5 Å². The number of nitrogens with two attached hydrogens (primary N) is 2. The molecule has 1 heterocycles. The van der Waals surface area contributed by atoms with E-state index < -0.39 is 30.3 Å². The SMILES string of the molecule is COc1nc(F)c(CC(N)C(=O)O)c(C(N)=O)c1C. The van der Waals surface area contributed by atoms with E-state index in [1.165, 1.54) is 14.0 Å². The lowest BCUT2D eigenvalue weighted by molar-refractivity contribution is -0.138. The van der Waals surface area contributed by atoms with Gasteiger partial charge in [-0.1, -0.05) is 0 Å². The maximum absolute atomic E-state index is 13.8. The first-order valence-corrected chi connectivity index (χ1v) is 5.30. The highest BCUT2D eigenvalue weighted by atomic mass is 19.1. The molecule has 7 nitrogen and oxygen atoms in total. The molecule has 8 heteroatoms. The van der Waals surface area contributed by atoms with Crippen molar-refractivity contribution < 1.29 is 23.8 Å². The van der Waals surface area contributed by atoms with Gasteiger partial charge in [0.1, 0.15) is 6.04 Å². The lowest BCUT2D eigenvalue weighted by atomic mass is 9.98. The minimum Gasteiger partial charge on any atom is -0.481 e. The van der Waals surface area contributed by atoms with E-state index in [9.17, 15) is 14.0 Å². The summed E-state index contributed by atoms with van der Waals surface area (Å²) in [5, 5.41) is 8.73. The smallest absolute Gasteiger partial charge is 0.320 e. The van der Waals surface area contributed by atoms with Gasteiger partial charge in [-0.15, -0.1) is 0 Å². The minimum atomic E-state index is -1.36. The van der Waals surface area contributed by atoms with Gasteiger partial charge in [0.05, 0.1) is 12.7 Å². The summed E-state index contributed by atoms with van der Waals surface area (Å²) in [5.74, 6) is -3.32. The Balaban J connectivity index is 3.41. The first-order chi connectivity index (χ1) is 8.79. The zero-order chi connectivity index (χ0) is 14.7. The Bertz CT molecular complexity index is 533. The number of halogens is 1. The molecule has 0 saturated heterocycles. The van der Waals surface area contributed by atoms with Gasteiger partial charge in [-0.2, -0.15) is 9.37 Å². The molecule has 0 aliphatic rings. The number of methoxy groups -OCH3 is 1. The van der Waals surface area contributed by atoms with Crippen LogP contribution in [0.15, 0.2) is 0 Å². The van der Waals surface area contributed by atoms with Crippen LogP contribution in [0.25, 0.3) is 0 Å². The number of carbonyl (C=O) groups excluding carboxylic acids is 1. The van der Waals surface area contributed by atoms with Crippen molar-refractivity contribution >= 4 is 11.9 Å². The van der Waals surface area contributed by atoms with Crippen molar-refractivity contribution in [1.82, 2.24) is 4.98 Å². The van der Waals surface area contributed by atoms with Crippen molar-refractivity contribution in [3.63, 3.8) is 0 Å². The van der Waals surface area contributed by atoms with Crippen molar-refractivity contribution in [2.75, 3.05) is 7.11 Å². The first kappa shape index (κ1) is 14.8. The molecule has 1 rings (SSSR count). The Morgan fingerprint density at radius 3 is 2.53 bits per heavy atom. The van der Waals surface area contributed by atoms with Crippen LogP contribution in [0.4, 0.5) is 4.39 Å². The van der Waals surface area contributed by atoms with Crippen LogP contribution in [0, 0.1) is 12.9 Å². The van der Waals surface area contributed by atoms with Gasteiger partial charge in [-0.05, 0) is 6.92 Å². The molecule has 1 aromatic heterocycles. The Morgan fingerprint density at radius 1 is 1.53 bits per heavy atom. The Morgan fingerprint density at radius 2 is 2.11 bits per heavy atom. The van der Waals surface area contributed by atoms with Crippen molar-refractivity contribution in [2.24, 2.45) is 11.5 Å². The fourth-order valence-electron chi connectivity index (χ4n) is 1.70. The summed E-state index contributed by atoms with van der Waals surface area (Å²) in [6.45, 7) is 1.47.